The smallest absolute Gasteiger partial charge is 0.330 e. The first-order valence-corrected chi connectivity index (χ1v) is 5.12. The normalized spacial score (nSPS) is 31.7. The number of hydrogen-bond acceptors (Lipinski definition) is 7. The van der Waals surface area contributed by atoms with Gasteiger partial charge in [-0.2, -0.15) is 0 Å². The highest BCUT2D eigenvalue weighted by atomic mass is 16.6. The largest absolute Gasteiger partial charge is 0.502 e. The average molecular weight is 260 g/mol. The first-order chi connectivity index (χ1) is 8.45. The zero-order chi connectivity index (χ0) is 13.4. The molecule has 0 aliphatic carbocycles. The van der Waals surface area contributed by atoms with Gasteiger partial charge in [-0.05, 0) is 0 Å². The number of nitrogens with zero attached hydrogens (tertiary/aromatic N) is 1. The number of aromatic nitrogens is 2. The second-order valence-electron chi connectivity index (χ2n) is 3.91. The van der Waals surface area contributed by atoms with Crippen molar-refractivity contribution in [2.45, 2.75) is 24.5 Å². The van der Waals surface area contributed by atoms with Gasteiger partial charge in [-0.1, -0.05) is 0 Å². The lowest BCUT2D eigenvalue weighted by Crippen LogP contribution is -2.37. The predicted molar refractivity (Wildman–Crippen MR) is 56.0 cm³/mol. The van der Waals surface area contributed by atoms with Crippen LogP contribution in [0.4, 0.5) is 0 Å². The maximum atomic E-state index is 11.5. The van der Waals surface area contributed by atoms with Gasteiger partial charge >= 0.3 is 5.69 Å². The van der Waals surface area contributed by atoms with Crippen LogP contribution in [0.25, 0.3) is 0 Å². The Labute approximate surface area is 99.5 Å². The van der Waals surface area contributed by atoms with Gasteiger partial charge in [0.25, 0.3) is 5.56 Å². The molecule has 0 amide bonds. The maximum absolute atomic E-state index is 11.5. The molecule has 1 aliphatic rings. The summed E-state index contributed by atoms with van der Waals surface area (Å²) >= 11 is 0. The summed E-state index contributed by atoms with van der Waals surface area (Å²) in [5.74, 6) is -0.729. The van der Waals surface area contributed by atoms with Crippen molar-refractivity contribution in [2.75, 3.05) is 6.61 Å². The molecule has 5 N–H and O–H groups in total. The Balaban J connectivity index is 2.42. The highest BCUT2D eigenvalue weighted by Gasteiger charge is 2.43. The average Bonchev–Trinajstić information content (AvgIpc) is 2.61. The van der Waals surface area contributed by atoms with Gasteiger partial charge in [0.15, 0.2) is 12.0 Å². The van der Waals surface area contributed by atoms with Crippen LogP contribution in [-0.2, 0) is 4.74 Å². The van der Waals surface area contributed by atoms with Crippen molar-refractivity contribution in [2.24, 2.45) is 0 Å². The Morgan fingerprint density at radius 2 is 2.00 bits per heavy atom. The number of hydrogen-bond donors (Lipinski definition) is 5. The molecular formula is C9H12N2O7. The van der Waals surface area contributed by atoms with Crippen molar-refractivity contribution in [3.8, 4) is 5.75 Å². The van der Waals surface area contributed by atoms with Gasteiger partial charge in [0.05, 0.1) is 12.8 Å². The molecule has 0 aromatic carbocycles. The van der Waals surface area contributed by atoms with Crippen LogP contribution in [0.15, 0.2) is 15.8 Å². The Morgan fingerprint density at radius 1 is 1.33 bits per heavy atom. The second-order valence-corrected chi connectivity index (χ2v) is 3.91. The third-order valence-electron chi connectivity index (χ3n) is 2.74. The number of aromatic hydroxyl groups is 1. The monoisotopic (exact) mass is 260 g/mol. The van der Waals surface area contributed by atoms with E-state index in [0.29, 0.717) is 0 Å². The predicted octanol–water partition coefficient (Wildman–Crippen LogP) is -3.15. The molecule has 2 rings (SSSR count). The van der Waals surface area contributed by atoms with Gasteiger partial charge in [0.1, 0.15) is 18.3 Å². The molecule has 0 radical (unpaired) electrons. The topological polar surface area (TPSA) is 145 Å². The van der Waals surface area contributed by atoms with Gasteiger partial charge in [0, 0.05) is 0 Å². The van der Waals surface area contributed by atoms with Crippen molar-refractivity contribution in [1.82, 2.24) is 9.55 Å². The van der Waals surface area contributed by atoms with Gasteiger partial charge in [-0.15, -0.1) is 0 Å². The lowest BCUT2D eigenvalue weighted by atomic mass is 10.1. The van der Waals surface area contributed by atoms with E-state index >= 15 is 0 Å². The standard InChI is InChI=1S/C9H12N2O7/c12-2-4-5(14)6(15)8(18-4)11-1-3(13)7(16)10-9(11)17/h1,4-6,8,12-15H,2H2,(H,10,16,17)/t4-,5-,6+,8-/m1/s1. The molecule has 4 atom stereocenters. The van der Waals surface area contributed by atoms with Crippen LogP contribution in [0.1, 0.15) is 6.23 Å². The lowest BCUT2D eigenvalue weighted by molar-refractivity contribution is -0.0552. The minimum Gasteiger partial charge on any atom is -0.502 e. The summed E-state index contributed by atoms with van der Waals surface area (Å²) < 4.78 is 5.81. The van der Waals surface area contributed by atoms with Crippen LogP contribution in [0.3, 0.4) is 0 Å². The van der Waals surface area contributed by atoms with Gasteiger partial charge in [-0.3, -0.25) is 14.3 Å². The molecule has 1 aliphatic heterocycles. The molecule has 1 fully saturated rings. The molecule has 1 saturated heterocycles. The van der Waals surface area contributed by atoms with Crippen LogP contribution in [0, 0.1) is 0 Å². The molecule has 100 valence electrons. The Bertz CT molecular complexity index is 551. The van der Waals surface area contributed by atoms with E-state index in [1.54, 1.807) is 0 Å². The fourth-order valence-electron chi connectivity index (χ4n) is 1.77. The Morgan fingerprint density at radius 3 is 2.56 bits per heavy atom. The molecule has 9 nitrogen and oxygen atoms in total. The number of aliphatic hydroxyl groups excluding tert-OH is 3. The molecule has 2 heterocycles. The van der Waals surface area contributed by atoms with Crippen LogP contribution in [0.2, 0.25) is 0 Å². The van der Waals surface area contributed by atoms with Crippen LogP contribution in [0.5, 0.6) is 5.75 Å². The first kappa shape index (κ1) is 12.8. The summed E-state index contributed by atoms with van der Waals surface area (Å²) in [7, 11) is 0. The van der Waals surface area contributed by atoms with E-state index in [1.165, 1.54) is 0 Å². The summed E-state index contributed by atoms with van der Waals surface area (Å²) in [4.78, 5) is 24.3. The highest BCUT2D eigenvalue weighted by molar-refractivity contribution is 5.10. The number of aliphatic hydroxyl groups is 3. The summed E-state index contributed by atoms with van der Waals surface area (Å²) in [6.07, 6.45) is -4.40. The number of aromatic amines is 1. The molecule has 0 saturated carbocycles. The van der Waals surface area contributed by atoms with E-state index in [2.05, 4.69) is 0 Å². The quantitative estimate of drug-likeness (QED) is 0.377. The third-order valence-corrected chi connectivity index (χ3v) is 2.74. The molecule has 1 aromatic heterocycles. The van der Waals surface area contributed by atoms with Crippen molar-refractivity contribution in [3.05, 3.63) is 27.0 Å². The van der Waals surface area contributed by atoms with E-state index in [-0.39, 0.29) is 0 Å². The van der Waals surface area contributed by atoms with Gasteiger partial charge in [-0.25, -0.2) is 4.79 Å². The van der Waals surface area contributed by atoms with Crippen LogP contribution >= 0.6 is 0 Å². The molecule has 0 unspecified atom stereocenters. The van der Waals surface area contributed by atoms with Crippen molar-refractivity contribution >= 4 is 0 Å². The lowest BCUT2D eigenvalue weighted by Gasteiger charge is -2.16. The number of ether oxygens (including phenoxy) is 1. The van der Waals surface area contributed by atoms with Crippen molar-refractivity contribution in [3.63, 3.8) is 0 Å². The summed E-state index contributed by atoms with van der Waals surface area (Å²) in [5, 5.41) is 37.3. The van der Waals surface area contributed by atoms with E-state index in [4.69, 9.17) is 9.84 Å². The highest BCUT2D eigenvalue weighted by Crippen LogP contribution is 2.28. The second kappa shape index (κ2) is 4.53. The summed E-state index contributed by atoms with van der Waals surface area (Å²) in [6.45, 7) is -0.543. The number of nitrogens with one attached hydrogen (secondary N) is 1. The zero-order valence-electron chi connectivity index (χ0n) is 9.05. The van der Waals surface area contributed by atoms with Crippen LogP contribution in [-0.4, -0.2) is 54.9 Å². The molecule has 18 heavy (non-hydrogen) atoms. The Kier molecular flexibility index (Phi) is 3.22. The number of H-pyrrole nitrogens is 1. The SMILES string of the molecule is O=c1[nH]c(=O)n([C@@H]2O[C@H](CO)[C@@H](O)[C@@H]2O)cc1O. The fourth-order valence-corrected chi connectivity index (χ4v) is 1.77. The van der Waals surface area contributed by atoms with E-state index in [9.17, 15) is 24.9 Å². The third kappa shape index (κ3) is 1.93. The molecule has 1 aromatic rings. The number of rotatable bonds is 2. The van der Waals surface area contributed by atoms with E-state index in [0.717, 1.165) is 10.8 Å². The fraction of sp³-hybridized carbons (Fsp3) is 0.556. The maximum Gasteiger partial charge on any atom is 0.330 e. The van der Waals surface area contributed by atoms with Gasteiger partial charge in [0.2, 0.25) is 0 Å². The van der Waals surface area contributed by atoms with Gasteiger partial charge < -0.3 is 25.2 Å². The Hall–Kier alpha value is -1.68. The first-order valence-electron chi connectivity index (χ1n) is 5.12. The summed E-state index contributed by atoms with van der Waals surface area (Å²) in [5.41, 5.74) is -1.88. The minimum absolute atomic E-state index is 0.543. The van der Waals surface area contributed by atoms with Crippen molar-refractivity contribution in [1.29, 1.82) is 0 Å². The molecule has 0 spiro atoms. The zero-order valence-corrected chi connectivity index (χ0v) is 9.05. The van der Waals surface area contributed by atoms with Crippen LogP contribution < -0.4 is 11.2 Å². The minimum atomic E-state index is -1.47. The molecular weight excluding hydrogens is 248 g/mol. The van der Waals surface area contributed by atoms with E-state index < -0.39 is 48.1 Å². The molecule has 0 bridgehead atoms. The molecule has 9 heteroatoms. The summed E-state index contributed by atoms with van der Waals surface area (Å²) in [6, 6.07) is 0. The van der Waals surface area contributed by atoms with E-state index in [1.807, 2.05) is 4.98 Å². The van der Waals surface area contributed by atoms with Crippen molar-refractivity contribution < 1.29 is 25.2 Å².